The third-order valence-corrected chi connectivity index (χ3v) is 7.13. The highest BCUT2D eigenvalue weighted by Crippen LogP contribution is 2.46. The predicted molar refractivity (Wildman–Crippen MR) is 122 cm³/mol. The molecule has 1 unspecified atom stereocenters. The van der Waals surface area contributed by atoms with Gasteiger partial charge in [0.2, 0.25) is 5.82 Å². The highest BCUT2D eigenvalue weighted by Gasteiger charge is 2.43. The topological polar surface area (TPSA) is 118 Å². The Morgan fingerprint density at radius 2 is 1.84 bits per heavy atom. The number of anilines is 1. The molecule has 0 bridgehead atoms. The van der Waals surface area contributed by atoms with Gasteiger partial charge in [-0.25, -0.2) is 22.8 Å². The molecule has 0 aliphatic heterocycles. The van der Waals surface area contributed by atoms with Gasteiger partial charge < -0.3 is 10.1 Å². The summed E-state index contributed by atoms with van der Waals surface area (Å²) < 4.78 is 109. The first-order valence-electron chi connectivity index (χ1n) is 10.9. The van der Waals surface area contributed by atoms with Crippen molar-refractivity contribution in [3.05, 3.63) is 64.5 Å². The van der Waals surface area contributed by atoms with E-state index in [2.05, 4.69) is 20.5 Å². The summed E-state index contributed by atoms with van der Waals surface area (Å²) in [7, 11) is -3.19. The lowest BCUT2D eigenvalue weighted by molar-refractivity contribution is -0.142. The van der Waals surface area contributed by atoms with Gasteiger partial charge in [-0.1, -0.05) is 6.07 Å². The Kier molecular flexibility index (Phi) is 6.84. The van der Waals surface area contributed by atoms with E-state index in [1.54, 1.807) is 0 Å². The lowest BCUT2D eigenvalue weighted by atomic mass is 9.77. The van der Waals surface area contributed by atoms with Gasteiger partial charge in [0.1, 0.15) is 11.2 Å². The van der Waals surface area contributed by atoms with Crippen molar-refractivity contribution >= 4 is 21.3 Å². The summed E-state index contributed by atoms with van der Waals surface area (Å²) in [4.78, 5) is 16.7. The fourth-order valence-electron chi connectivity index (χ4n) is 3.80. The first kappa shape index (κ1) is 27.3. The Hall–Kier alpha value is -3.75. The normalized spacial score (nSPS) is 16.3. The minimum absolute atomic E-state index is 0.0292. The number of halogens is 6. The van der Waals surface area contributed by atoms with Gasteiger partial charge in [0.05, 0.1) is 9.73 Å². The van der Waals surface area contributed by atoms with E-state index < -0.39 is 73.3 Å². The Balaban J connectivity index is 1.76. The standard InChI is InChI=1S/C23H19F6N5O3S/c1-11-15(19(35)32-12-5-3-6-13(9-12)38(2,30)36)20(34-33-18(11)23(27,28)29)37-21-17(25)16(24)14(10-31-21)22(26)7-4-8-22/h3,5-6,9-10,30H,4,7-8H2,1-2H3,(H,32,35). The van der Waals surface area contributed by atoms with Crippen LogP contribution in [0.4, 0.5) is 32.0 Å². The average molecular weight is 559 g/mol. The first-order valence-corrected chi connectivity index (χ1v) is 12.9. The maximum atomic E-state index is 14.7. The largest absolute Gasteiger partial charge is 0.435 e. The molecule has 1 aromatic carbocycles. The number of hydrogen-bond acceptors (Lipinski definition) is 7. The molecule has 4 rings (SSSR count). The van der Waals surface area contributed by atoms with E-state index in [9.17, 15) is 35.3 Å². The minimum atomic E-state index is -5.03. The first-order chi connectivity index (χ1) is 17.6. The molecular formula is C23H19F6N5O3S. The quantitative estimate of drug-likeness (QED) is 0.363. The van der Waals surface area contributed by atoms with E-state index in [1.165, 1.54) is 24.3 Å². The second-order valence-corrected chi connectivity index (χ2v) is 10.9. The molecule has 1 aliphatic carbocycles. The number of carbonyl (C=O) groups excluding carboxylic acids is 1. The van der Waals surface area contributed by atoms with Crippen LogP contribution in [0.5, 0.6) is 11.8 Å². The van der Waals surface area contributed by atoms with Gasteiger partial charge in [0.15, 0.2) is 11.5 Å². The number of ether oxygens (including phenoxy) is 1. The molecule has 0 saturated heterocycles. The van der Waals surface area contributed by atoms with Gasteiger partial charge >= 0.3 is 6.18 Å². The van der Waals surface area contributed by atoms with Crippen molar-refractivity contribution in [3.63, 3.8) is 0 Å². The summed E-state index contributed by atoms with van der Waals surface area (Å²) in [6, 6.07) is 5.23. The minimum Gasteiger partial charge on any atom is -0.415 e. The van der Waals surface area contributed by atoms with Crippen LogP contribution in [0, 0.1) is 23.3 Å². The maximum Gasteiger partial charge on any atom is 0.435 e. The van der Waals surface area contributed by atoms with Crippen LogP contribution in [0.15, 0.2) is 35.4 Å². The summed E-state index contributed by atoms with van der Waals surface area (Å²) in [5.41, 5.74) is -5.85. The molecule has 1 amide bonds. The molecule has 0 radical (unpaired) electrons. The molecule has 15 heteroatoms. The van der Waals surface area contributed by atoms with Crippen LogP contribution in [0.25, 0.3) is 0 Å². The van der Waals surface area contributed by atoms with Crippen LogP contribution >= 0.6 is 0 Å². The Labute approximate surface area is 212 Å². The molecule has 2 N–H and O–H groups in total. The Bertz CT molecular complexity index is 1540. The second kappa shape index (κ2) is 9.53. The molecule has 38 heavy (non-hydrogen) atoms. The lowest BCUT2D eigenvalue weighted by Crippen LogP contribution is -2.30. The predicted octanol–water partition coefficient (Wildman–Crippen LogP) is 5.91. The van der Waals surface area contributed by atoms with Gasteiger partial charge in [-0.2, -0.15) is 17.6 Å². The zero-order chi connectivity index (χ0) is 28.0. The molecule has 1 saturated carbocycles. The van der Waals surface area contributed by atoms with Gasteiger partial charge in [-0.3, -0.25) is 4.79 Å². The third kappa shape index (κ3) is 5.14. The molecule has 0 spiro atoms. The molecule has 1 aliphatic rings. The number of carbonyl (C=O) groups is 1. The number of aromatic nitrogens is 3. The number of alkyl halides is 4. The van der Waals surface area contributed by atoms with E-state index in [1.807, 2.05) is 0 Å². The lowest BCUT2D eigenvalue weighted by Gasteiger charge is -2.34. The third-order valence-electron chi connectivity index (χ3n) is 5.97. The number of hydrogen-bond donors (Lipinski definition) is 2. The van der Waals surface area contributed by atoms with Crippen molar-refractivity contribution in [3.8, 4) is 11.8 Å². The molecule has 2 heterocycles. The summed E-state index contributed by atoms with van der Waals surface area (Å²) in [6.07, 6.45) is -2.78. The molecule has 8 nitrogen and oxygen atoms in total. The monoisotopic (exact) mass is 559 g/mol. The Morgan fingerprint density at radius 3 is 2.42 bits per heavy atom. The maximum absolute atomic E-state index is 14.7. The van der Waals surface area contributed by atoms with Crippen LogP contribution in [-0.2, 0) is 21.6 Å². The average Bonchev–Trinajstić information content (AvgIpc) is 2.79. The summed E-state index contributed by atoms with van der Waals surface area (Å²) >= 11 is 0. The number of nitrogens with zero attached hydrogens (tertiary/aromatic N) is 3. The van der Waals surface area contributed by atoms with Gasteiger partial charge in [0, 0.05) is 28.6 Å². The van der Waals surface area contributed by atoms with Crippen LogP contribution in [0.1, 0.15) is 46.4 Å². The number of pyridine rings is 1. The number of amides is 1. The van der Waals surface area contributed by atoms with Crippen LogP contribution < -0.4 is 10.1 Å². The SMILES string of the molecule is Cc1c(C(F)(F)F)nnc(Oc2ncc(C3(F)CCC3)c(F)c2F)c1C(=O)Nc1cccc(S(C)(=N)=O)c1. The van der Waals surface area contributed by atoms with Crippen LogP contribution in [0.2, 0.25) is 0 Å². The molecule has 1 atom stereocenters. The fourth-order valence-corrected chi connectivity index (χ4v) is 4.49. The van der Waals surface area contributed by atoms with Crippen molar-refractivity contribution in [1.82, 2.24) is 15.2 Å². The summed E-state index contributed by atoms with van der Waals surface area (Å²) in [6.45, 7) is 0.898. The highest BCUT2D eigenvalue weighted by molar-refractivity contribution is 7.91. The van der Waals surface area contributed by atoms with Crippen molar-refractivity contribution in [1.29, 1.82) is 4.78 Å². The molecule has 3 aromatic rings. The van der Waals surface area contributed by atoms with Crippen molar-refractivity contribution in [2.75, 3.05) is 11.6 Å². The van der Waals surface area contributed by atoms with Crippen molar-refractivity contribution < 1.29 is 40.1 Å². The molecule has 1 fully saturated rings. The smallest absolute Gasteiger partial charge is 0.415 e. The zero-order valence-corrected chi connectivity index (χ0v) is 20.6. The van der Waals surface area contributed by atoms with E-state index >= 15 is 0 Å². The van der Waals surface area contributed by atoms with Gasteiger partial charge in [-0.05, 0) is 49.9 Å². The molecule has 2 aromatic heterocycles. The summed E-state index contributed by atoms with van der Waals surface area (Å²) in [5, 5.41) is 8.57. The van der Waals surface area contributed by atoms with E-state index in [0.717, 1.165) is 13.2 Å². The van der Waals surface area contributed by atoms with Crippen LogP contribution in [-0.4, -0.2) is 31.6 Å². The second-order valence-electron chi connectivity index (χ2n) is 8.70. The van der Waals surface area contributed by atoms with Crippen molar-refractivity contribution in [2.24, 2.45) is 0 Å². The van der Waals surface area contributed by atoms with Crippen molar-refractivity contribution in [2.45, 2.75) is 42.9 Å². The number of rotatable bonds is 6. The van der Waals surface area contributed by atoms with E-state index in [4.69, 9.17) is 9.52 Å². The van der Waals surface area contributed by atoms with Gasteiger partial charge in [-0.15, -0.1) is 10.2 Å². The summed E-state index contributed by atoms with van der Waals surface area (Å²) in [5.74, 6) is -6.55. The van der Waals surface area contributed by atoms with Crippen LogP contribution in [0.3, 0.4) is 0 Å². The molecule has 202 valence electrons. The number of nitrogens with one attached hydrogen (secondary N) is 2. The van der Waals surface area contributed by atoms with E-state index in [0.29, 0.717) is 12.6 Å². The zero-order valence-electron chi connectivity index (χ0n) is 19.8. The Morgan fingerprint density at radius 1 is 1.16 bits per heavy atom. The molecular weight excluding hydrogens is 540 g/mol. The van der Waals surface area contributed by atoms with E-state index in [-0.39, 0.29) is 23.4 Å². The highest BCUT2D eigenvalue weighted by atomic mass is 32.2. The fraction of sp³-hybridized carbons (Fsp3) is 0.304. The number of benzene rings is 1. The van der Waals surface area contributed by atoms with Gasteiger partial charge in [0.25, 0.3) is 17.7 Å².